The van der Waals surface area contributed by atoms with Gasteiger partial charge in [0, 0.05) is 16.3 Å². The van der Waals surface area contributed by atoms with Crippen LogP contribution in [0.2, 0.25) is 0 Å². The lowest BCUT2D eigenvalue weighted by molar-refractivity contribution is -0.116. The molecule has 0 bridgehead atoms. The van der Waals surface area contributed by atoms with Crippen molar-refractivity contribution in [1.82, 2.24) is 0 Å². The van der Waals surface area contributed by atoms with Gasteiger partial charge in [-0.15, -0.1) is 23.1 Å². The second-order valence-electron chi connectivity index (χ2n) is 7.60. The number of hydrogen-bond acceptors (Lipinski definition) is 4. The van der Waals surface area contributed by atoms with Gasteiger partial charge in [-0.2, -0.15) is 0 Å². The molecule has 1 aromatic heterocycles. The Balaban J connectivity index is 1.52. The Morgan fingerprint density at radius 2 is 1.93 bits per heavy atom. The number of anilines is 2. The van der Waals surface area contributed by atoms with Crippen LogP contribution in [0.4, 0.5) is 11.4 Å². The maximum Gasteiger partial charge on any atom is 0.238 e. The van der Waals surface area contributed by atoms with Gasteiger partial charge in [-0.1, -0.05) is 44.2 Å². The van der Waals surface area contributed by atoms with Gasteiger partial charge in [-0.25, -0.2) is 0 Å². The minimum absolute atomic E-state index is 0.0362. The van der Waals surface area contributed by atoms with E-state index in [1.165, 1.54) is 5.56 Å². The largest absolute Gasteiger partial charge is 0.326 e. The summed E-state index contributed by atoms with van der Waals surface area (Å²) in [6.45, 7) is 4.32. The predicted molar refractivity (Wildman–Crippen MR) is 126 cm³/mol. The number of benzene rings is 2. The van der Waals surface area contributed by atoms with E-state index in [-0.39, 0.29) is 17.2 Å². The fraction of sp³-hybridized carbons (Fsp3) is 0.250. The van der Waals surface area contributed by atoms with Crippen molar-refractivity contribution in [3.8, 4) is 0 Å². The van der Waals surface area contributed by atoms with Gasteiger partial charge >= 0.3 is 0 Å². The molecule has 1 saturated heterocycles. The average Bonchev–Trinajstić information content (AvgIpc) is 3.37. The molecule has 1 fully saturated rings. The molecule has 0 aliphatic carbocycles. The van der Waals surface area contributed by atoms with E-state index in [1.807, 2.05) is 58.8 Å². The molecule has 0 radical (unpaired) electrons. The number of amides is 2. The van der Waals surface area contributed by atoms with Gasteiger partial charge in [0.2, 0.25) is 11.8 Å². The molecule has 4 rings (SSSR count). The van der Waals surface area contributed by atoms with Gasteiger partial charge < -0.3 is 5.32 Å². The van der Waals surface area contributed by atoms with Crippen molar-refractivity contribution in [2.75, 3.05) is 16.0 Å². The molecule has 0 saturated carbocycles. The van der Waals surface area contributed by atoms with E-state index in [0.717, 1.165) is 21.8 Å². The molecule has 30 heavy (non-hydrogen) atoms. The summed E-state index contributed by atoms with van der Waals surface area (Å²) in [5, 5.41) is 4.86. The SMILES string of the molecule is CC(C)c1ccc(N2C(=O)CSC2c2cccc(NC(=O)Cc3cccs3)c2)cc1. The highest BCUT2D eigenvalue weighted by atomic mass is 32.2. The Hall–Kier alpha value is -2.57. The summed E-state index contributed by atoms with van der Waals surface area (Å²) in [4.78, 5) is 27.9. The number of carbonyl (C=O) groups excluding carboxylic acids is 2. The first-order valence-corrected chi connectivity index (χ1v) is 11.9. The average molecular weight is 437 g/mol. The number of carbonyl (C=O) groups is 2. The lowest BCUT2D eigenvalue weighted by Crippen LogP contribution is -2.27. The van der Waals surface area contributed by atoms with Crippen molar-refractivity contribution in [3.63, 3.8) is 0 Å². The smallest absolute Gasteiger partial charge is 0.238 e. The van der Waals surface area contributed by atoms with E-state index >= 15 is 0 Å². The molecular weight excluding hydrogens is 412 g/mol. The summed E-state index contributed by atoms with van der Waals surface area (Å²) >= 11 is 3.19. The summed E-state index contributed by atoms with van der Waals surface area (Å²) in [5.74, 6) is 0.972. The van der Waals surface area contributed by atoms with E-state index in [9.17, 15) is 9.59 Å². The molecule has 1 aliphatic heterocycles. The first-order valence-electron chi connectivity index (χ1n) is 9.97. The second-order valence-corrected chi connectivity index (χ2v) is 9.70. The Morgan fingerprint density at radius 3 is 2.63 bits per heavy atom. The van der Waals surface area contributed by atoms with Crippen LogP contribution in [-0.2, 0) is 16.0 Å². The highest BCUT2D eigenvalue weighted by Crippen LogP contribution is 2.42. The molecule has 2 aromatic carbocycles. The minimum Gasteiger partial charge on any atom is -0.326 e. The van der Waals surface area contributed by atoms with Crippen molar-refractivity contribution in [3.05, 3.63) is 82.0 Å². The highest BCUT2D eigenvalue weighted by Gasteiger charge is 2.34. The lowest BCUT2D eigenvalue weighted by atomic mass is 10.0. The molecule has 1 aliphatic rings. The van der Waals surface area contributed by atoms with Crippen LogP contribution in [0.3, 0.4) is 0 Å². The molecule has 6 heteroatoms. The number of hydrogen-bond donors (Lipinski definition) is 1. The second kappa shape index (κ2) is 9.06. The van der Waals surface area contributed by atoms with Gasteiger partial charge in [-0.05, 0) is 52.8 Å². The summed E-state index contributed by atoms with van der Waals surface area (Å²) in [5.41, 5.74) is 3.92. The normalized spacial score (nSPS) is 16.3. The van der Waals surface area contributed by atoms with Crippen LogP contribution >= 0.6 is 23.1 Å². The van der Waals surface area contributed by atoms with Crippen LogP contribution in [0.1, 0.15) is 41.1 Å². The van der Waals surface area contributed by atoms with Crippen molar-refractivity contribution >= 4 is 46.3 Å². The lowest BCUT2D eigenvalue weighted by Gasteiger charge is -2.25. The first-order chi connectivity index (χ1) is 14.5. The van der Waals surface area contributed by atoms with Gasteiger partial charge in [0.15, 0.2) is 0 Å². The Bertz CT molecular complexity index is 1030. The topological polar surface area (TPSA) is 49.4 Å². The highest BCUT2D eigenvalue weighted by molar-refractivity contribution is 8.00. The van der Waals surface area contributed by atoms with Crippen LogP contribution in [0.25, 0.3) is 0 Å². The van der Waals surface area contributed by atoms with Gasteiger partial charge in [0.1, 0.15) is 5.37 Å². The third-order valence-electron chi connectivity index (χ3n) is 5.08. The Kier molecular flexibility index (Phi) is 6.25. The van der Waals surface area contributed by atoms with E-state index in [2.05, 4.69) is 31.3 Å². The molecule has 3 aromatic rings. The van der Waals surface area contributed by atoms with Crippen LogP contribution in [-0.4, -0.2) is 17.6 Å². The van der Waals surface area contributed by atoms with Crippen molar-refractivity contribution < 1.29 is 9.59 Å². The van der Waals surface area contributed by atoms with Gasteiger partial charge in [-0.3, -0.25) is 14.5 Å². The zero-order valence-electron chi connectivity index (χ0n) is 17.0. The molecule has 0 spiro atoms. The third-order valence-corrected chi connectivity index (χ3v) is 7.16. The number of rotatable bonds is 6. The molecule has 2 amide bonds. The number of thioether (sulfide) groups is 1. The number of thiophene rings is 1. The van der Waals surface area contributed by atoms with Crippen molar-refractivity contribution in [1.29, 1.82) is 0 Å². The molecule has 154 valence electrons. The van der Waals surface area contributed by atoms with Crippen molar-refractivity contribution in [2.45, 2.75) is 31.6 Å². The fourth-order valence-electron chi connectivity index (χ4n) is 3.52. The van der Waals surface area contributed by atoms with Crippen LogP contribution < -0.4 is 10.2 Å². The summed E-state index contributed by atoms with van der Waals surface area (Å²) < 4.78 is 0. The van der Waals surface area contributed by atoms with Gasteiger partial charge in [0.05, 0.1) is 12.2 Å². The summed E-state index contributed by atoms with van der Waals surface area (Å²) in [7, 11) is 0. The van der Waals surface area contributed by atoms with E-state index in [0.29, 0.717) is 18.1 Å². The van der Waals surface area contributed by atoms with Crippen LogP contribution in [0, 0.1) is 0 Å². The maximum atomic E-state index is 12.7. The predicted octanol–water partition coefficient (Wildman–Crippen LogP) is 5.83. The monoisotopic (exact) mass is 436 g/mol. The molecule has 1 N–H and O–H groups in total. The summed E-state index contributed by atoms with van der Waals surface area (Å²) in [6, 6.07) is 20.0. The first kappa shape index (κ1) is 20.7. The molecule has 1 unspecified atom stereocenters. The molecule has 4 nitrogen and oxygen atoms in total. The summed E-state index contributed by atoms with van der Waals surface area (Å²) in [6.07, 6.45) is 0.368. The Labute approximate surface area is 185 Å². The van der Waals surface area contributed by atoms with Crippen LogP contribution in [0.15, 0.2) is 66.0 Å². The van der Waals surface area contributed by atoms with E-state index < -0.39 is 0 Å². The van der Waals surface area contributed by atoms with E-state index in [4.69, 9.17) is 0 Å². The molecule has 1 atom stereocenters. The number of nitrogens with one attached hydrogen (secondary N) is 1. The zero-order valence-corrected chi connectivity index (χ0v) is 18.6. The van der Waals surface area contributed by atoms with Crippen LogP contribution in [0.5, 0.6) is 0 Å². The standard InChI is InChI=1S/C24H24N2O2S2/c1-16(2)17-8-10-20(11-9-17)26-23(28)15-30-24(26)18-5-3-6-19(13-18)25-22(27)14-21-7-4-12-29-21/h3-13,16,24H,14-15H2,1-2H3,(H,25,27). The van der Waals surface area contributed by atoms with E-state index in [1.54, 1.807) is 23.1 Å². The zero-order chi connectivity index (χ0) is 21.1. The van der Waals surface area contributed by atoms with Gasteiger partial charge in [0.25, 0.3) is 0 Å². The maximum absolute atomic E-state index is 12.7. The van der Waals surface area contributed by atoms with Crippen molar-refractivity contribution in [2.24, 2.45) is 0 Å². The fourth-order valence-corrected chi connectivity index (χ4v) is 5.39. The third kappa shape index (κ3) is 4.60. The number of nitrogens with zero attached hydrogens (tertiary/aromatic N) is 1. The Morgan fingerprint density at radius 1 is 1.13 bits per heavy atom. The molecular formula is C24H24N2O2S2. The molecule has 2 heterocycles. The quantitative estimate of drug-likeness (QED) is 0.529. The minimum atomic E-state index is -0.100.